The zero-order valence-electron chi connectivity index (χ0n) is 16.1. The van der Waals surface area contributed by atoms with E-state index in [0.717, 1.165) is 57.1 Å². The average molecular weight is 391 g/mol. The van der Waals surface area contributed by atoms with Crippen LogP contribution < -0.4 is 9.64 Å². The predicted octanol–water partition coefficient (Wildman–Crippen LogP) is 1.21. The minimum Gasteiger partial charge on any atom is -0.493 e. The van der Waals surface area contributed by atoms with E-state index in [1.165, 1.54) is 22.4 Å². The molecule has 0 aliphatic carbocycles. The van der Waals surface area contributed by atoms with Gasteiger partial charge in [0.25, 0.3) is 5.91 Å². The minimum atomic E-state index is 0.0795. The SMILES string of the molecule is O=C(c1ccc(-c2nnco2)cc1)N1CC[NH+](Cc2ccc3c(c2)CCO3)CC1. The first kappa shape index (κ1) is 17.9. The topological polar surface area (TPSA) is 72.9 Å². The highest BCUT2D eigenvalue weighted by Crippen LogP contribution is 2.25. The molecule has 1 saturated heterocycles. The first-order valence-corrected chi connectivity index (χ1v) is 10.0. The standard InChI is InChI=1S/C22H22N4O3/c27-22(18-4-2-17(3-5-18)21-24-23-15-29-21)26-10-8-25(9-11-26)14-16-1-6-20-19(13-16)7-12-28-20/h1-6,13,15H,7-12,14H2/p+1. The summed E-state index contributed by atoms with van der Waals surface area (Å²) >= 11 is 0. The molecule has 0 bridgehead atoms. The van der Waals surface area contributed by atoms with Gasteiger partial charge in [0.2, 0.25) is 12.3 Å². The molecule has 1 aromatic heterocycles. The van der Waals surface area contributed by atoms with Gasteiger partial charge in [0, 0.05) is 23.1 Å². The van der Waals surface area contributed by atoms with Crippen molar-refractivity contribution in [1.29, 1.82) is 0 Å². The number of nitrogens with zero attached hydrogens (tertiary/aromatic N) is 3. The number of fused-ring (bicyclic) bond motifs is 1. The normalized spacial score (nSPS) is 16.5. The molecule has 1 amide bonds. The number of nitrogens with one attached hydrogen (secondary N) is 1. The molecule has 0 radical (unpaired) electrons. The fourth-order valence-electron chi connectivity index (χ4n) is 4.08. The van der Waals surface area contributed by atoms with Crippen molar-refractivity contribution in [3.05, 3.63) is 65.5 Å². The lowest BCUT2D eigenvalue weighted by molar-refractivity contribution is -0.917. The van der Waals surface area contributed by atoms with Crippen LogP contribution in [0.15, 0.2) is 53.3 Å². The van der Waals surface area contributed by atoms with Crippen LogP contribution in [-0.2, 0) is 13.0 Å². The summed E-state index contributed by atoms with van der Waals surface area (Å²) in [4.78, 5) is 16.3. The van der Waals surface area contributed by atoms with Crippen molar-refractivity contribution in [2.45, 2.75) is 13.0 Å². The predicted molar refractivity (Wildman–Crippen MR) is 106 cm³/mol. The van der Waals surface area contributed by atoms with Crippen LogP contribution in [0, 0.1) is 0 Å². The lowest BCUT2D eigenvalue weighted by Gasteiger charge is -2.32. The van der Waals surface area contributed by atoms with Gasteiger partial charge in [-0.25, -0.2) is 0 Å². The highest BCUT2D eigenvalue weighted by Gasteiger charge is 2.25. The molecule has 7 heteroatoms. The highest BCUT2D eigenvalue weighted by molar-refractivity contribution is 5.94. The Morgan fingerprint density at radius 3 is 2.69 bits per heavy atom. The number of amides is 1. The van der Waals surface area contributed by atoms with Crippen molar-refractivity contribution >= 4 is 5.91 Å². The van der Waals surface area contributed by atoms with Crippen molar-refractivity contribution in [2.75, 3.05) is 32.8 Å². The minimum absolute atomic E-state index is 0.0795. The molecule has 2 aliphatic rings. The largest absolute Gasteiger partial charge is 0.493 e. The molecule has 2 aliphatic heterocycles. The molecule has 0 atom stereocenters. The van der Waals surface area contributed by atoms with E-state index in [-0.39, 0.29) is 5.91 Å². The molecular formula is C22H23N4O3+. The molecule has 5 rings (SSSR count). The fourth-order valence-corrected chi connectivity index (χ4v) is 4.08. The van der Waals surface area contributed by atoms with E-state index in [9.17, 15) is 4.79 Å². The molecule has 148 valence electrons. The van der Waals surface area contributed by atoms with Crippen molar-refractivity contribution in [2.24, 2.45) is 0 Å². The van der Waals surface area contributed by atoms with Crippen LogP contribution in [0.4, 0.5) is 0 Å². The Kier molecular flexibility index (Phi) is 4.73. The molecule has 1 N–H and O–H groups in total. The lowest BCUT2D eigenvalue weighted by atomic mass is 10.1. The van der Waals surface area contributed by atoms with Gasteiger partial charge in [0.15, 0.2) is 0 Å². The smallest absolute Gasteiger partial charge is 0.254 e. The van der Waals surface area contributed by atoms with Crippen LogP contribution >= 0.6 is 0 Å². The molecule has 7 nitrogen and oxygen atoms in total. The number of rotatable bonds is 4. The van der Waals surface area contributed by atoms with E-state index in [0.29, 0.717) is 11.5 Å². The van der Waals surface area contributed by atoms with Gasteiger partial charge in [-0.15, -0.1) is 10.2 Å². The van der Waals surface area contributed by atoms with Crippen LogP contribution in [0.5, 0.6) is 5.75 Å². The Hall–Kier alpha value is -3.19. The maximum absolute atomic E-state index is 12.8. The third-order valence-electron chi connectivity index (χ3n) is 5.70. The van der Waals surface area contributed by atoms with Gasteiger partial charge >= 0.3 is 0 Å². The summed E-state index contributed by atoms with van der Waals surface area (Å²) < 4.78 is 10.8. The van der Waals surface area contributed by atoms with E-state index in [1.807, 2.05) is 29.2 Å². The number of hydrogen-bond donors (Lipinski definition) is 1. The number of piperazine rings is 1. The van der Waals surface area contributed by atoms with Crippen LogP contribution in [0.1, 0.15) is 21.5 Å². The monoisotopic (exact) mass is 391 g/mol. The molecule has 3 heterocycles. The second-order valence-corrected chi connectivity index (χ2v) is 7.58. The van der Waals surface area contributed by atoms with Gasteiger partial charge in [-0.3, -0.25) is 4.79 Å². The number of ether oxygens (including phenoxy) is 1. The molecule has 1 fully saturated rings. The van der Waals surface area contributed by atoms with Crippen molar-refractivity contribution < 1.29 is 18.8 Å². The van der Waals surface area contributed by atoms with Gasteiger partial charge in [-0.1, -0.05) is 0 Å². The number of quaternary nitrogens is 1. The fraction of sp³-hybridized carbons (Fsp3) is 0.318. The van der Waals surface area contributed by atoms with Gasteiger partial charge in [-0.2, -0.15) is 0 Å². The summed E-state index contributed by atoms with van der Waals surface area (Å²) in [6.07, 6.45) is 2.30. The summed E-state index contributed by atoms with van der Waals surface area (Å²) in [6, 6.07) is 13.9. The van der Waals surface area contributed by atoms with E-state index >= 15 is 0 Å². The van der Waals surface area contributed by atoms with E-state index in [1.54, 1.807) is 0 Å². The maximum Gasteiger partial charge on any atom is 0.254 e. The summed E-state index contributed by atoms with van der Waals surface area (Å²) in [5, 5.41) is 7.57. The Labute approximate surface area is 168 Å². The molecular weight excluding hydrogens is 368 g/mol. The Morgan fingerprint density at radius 2 is 1.93 bits per heavy atom. The average Bonchev–Trinajstić information content (AvgIpc) is 3.46. The van der Waals surface area contributed by atoms with Gasteiger partial charge in [0.05, 0.1) is 32.8 Å². The summed E-state index contributed by atoms with van der Waals surface area (Å²) in [5.41, 5.74) is 4.17. The molecule has 29 heavy (non-hydrogen) atoms. The second kappa shape index (κ2) is 7.67. The zero-order valence-corrected chi connectivity index (χ0v) is 16.1. The molecule has 3 aromatic rings. The lowest BCUT2D eigenvalue weighted by Crippen LogP contribution is -3.13. The van der Waals surface area contributed by atoms with Crippen molar-refractivity contribution in [1.82, 2.24) is 15.1 Å². The summed E-state index contributed by atoms with van der Waals surface area (Å²) in [6.45, 7) is 5.25. The first-order valence-electron chi connectivity index (χ1n) is 10.0. The Balaban J connectivity index is 1.17. The maximum atomic E-state index is 12.8. The molecule has 0 saturated carbocycles. The third kappa shape index (κ3) is 3.73. The number of aromatic nitrogens is 2. The zero-order chi connectivity index (χ0) is 19.6. The first-order chi connectivity index (χ1) is 14.3. The Morgan fingerprint density at radius 1 is 1.10 bits per heavy atom. The quantitative estimate of drug-likeness (QED) is 0.724. The van der Waals surface area contributed by atoms with Gasteiger partial charge < -0.3 is 19.0 Å². The van der Waals surface area contributed by atoms with Crippen LogP contribution in [-0.4, -0.2) is 53.8 Å². The van der Waals surface area contributed by atoms with Gasteiger partial charge in [0.1, 0.15) is 12.3 Å². The van der Waals surface area contributed by atoms with Crippen molar-refractivity contribution in [3.63, 3.8) is 0 Å². The Bertz CT molecular complexity index is 993. The molecule has 0 spiro atoms. The van der Waals surface area contributed by atoms with Crippen LogP contribution in [0.2, 0.25) is 0 Å². The van der Waals surface area contributed by atoms with Crippen LogP contribution in [0.25, 0.3) is 11.5 Å². The van der Waals surface area contributed by atoms with Gasteiger partial charge in [-0.05, 0) is 48.0 Å². The third-order valence-corrected chi connectivity index (χ3v) is 5.70. The van der Waals surface area contributed by atoms with Crippen molar-refractivity contribution in [3.8, 4) is 17.2 Å². The number of hydrogen-bond acceptors (Lipinski definition) is 5. The van der Waals surface area contributed by atoms with E-state index in [2.05, 4.69) is 28.4 Å². The van der Waals surface area contributed by atoms with E-state index in [4.69, 9.17) is 9.15 Å². The number of carbonyl (C=O) groups excluding carboxylic acids is 1. The van der Waals surface area contributed by atoms with Crippen LogP contribution in [0.3, 0.4) is 0 Å². The molecule has 2 aromatic carbocycles. The highest BCUT2D eigenvalue weighted by atomic mass is 16.5. The summed E-state index contributed by atoms with van der Waals surface area (Å²) in [7, 11) is 0. The number of benzene rings is 2. The molecule has 0 unspecified atom stereocenters. The van der Waals surface area contributed by atoms with E-state index < -0.39 is 0 Å². The summed E-state index contributed by atoms with van der Waals surface area (Å²) in [5.74, 6) is 1.57. The number of carbonyl (C=O) groups is 1. The second-order valence-electron chi connectivity index (χ2n) is 7.58.